The van der Waals surface area contributed by atoms with Crippen LogP contribution in [0.3, 0.4) is 0 Å². The number of amides is 1. The van der Waals surface area contributed by atoms with Crippen LogP contribution in [-0.2, 0) is 9.84 Å². The Balaban J connectivity index is 1.78. The Morgan fingerprint density at radius 3 is 2.60 bits per heavy atom. The Bertz CT molecular complexity index is 1110. The third kappa shape index (κ3) is 3.62. The van der Waals surface area contributed by atoms with Gasteiger partial charge < -0.3 is 16.0 Å². The van der Waals surface area contributed by atoms with Gasteiger partial charge in [0, 0.05) is 25.0 Å². The Kier molecular flexibility index (Phi) is 5.30. The lowest BCUT2D eigenvalue weighted by atomic mass is 9.92. The smallest absolute Gasteiger partial charge is 0.274 e. The van der Waals surface area contributed by atoms with Crippen LogP contribution < -0.4 is 11.1 Å². The van der Waals surface area contributed by atoms with Crippen LogP contribution in [0.15, 0.2) is 47.2 Å². The summed E-state index contributed by atoms with van der Waals surface area (Å²) in [6.45, 7) is 7.93. The summed E-state index contributed by atoms with van der Waals surface area (Å²) in [6.07, 6.45) is 2.89. The van der Waals surface area contributed by atoms with Crippen molar-refractivity contribution in [2.24, 2.45) is 10.7 Å². The largest absolute Gasteiger partial charge is 0.386 e. The Morgan fingerprint density at radius 1 is 1.43 bits per heavy atom. The molecule has 2 aliphatic rings. The highest BCUT2D eigenvalue weighted by molar-refractivity contribution is 7.93. The number of sulfone groups is 1. The molecule has 0 radical (unpaired) electrons. The maximum Gasteiger partial charge on any atom is 0.274 e. The summed E-state index contributed by atoms with van der Waals surface area (Å²) in [5.74, 6) is -0.539. The van der Waals surface area contributed by atoms with E-state index in [-0.39, 0.29) is 23.0 Å². The van der Waals surface area contributed by atoms with Gasteiger partial charge in [0.25, 0.3) is 5.91 Å². The molecule has 10 heteroatoms. The van der Waals surface area contributed by atoms with E-state index in [0.717, 1.165) is 0 Å². The fourth-order valence-corrected chi connectivity index (χ4v) is 6.22. The number of hydrogen-bond acceptors (Lipinski definition) is 8. The van der Waals surface area contributed by atoms with E-state index < -0.39 is 26.0 Å². The molecular formula is C20H24N6O3S. The number of nitriles is 1. The molecule has 1 unspecified atom stereocenters. The highest BCUT2D eigenvalue weighted by Crippen LogP contribution is 2.39. The van der Waals surface area contributed by atoms with E-state index >= 15 is 0 Å². The number of pyridine rings is 1. The minimum Gasteiger partial charge on any atom is -0.386 e. The van der Waals surface area contributed by atoms with Crippen molar-refractivity contribution in [3.63, 3.8) is 0 Å². The first-order chi connectivity index (χ1) is 13.9. The summed E-state index contributed by atoms with van der Waals surface area (Å²) in [5.41, 5.74) is 6.42. The van der Waals surface area contributed by atoms with Gasteiger partial charge in [-0.3, -0.25) is 9.79 Å². The molecule has 1 aromatic heterocycles. The average Bonchev–Trinajstić information content (AvgIpc) is 2.63. The van der Waals surface area contributed by atoms with Crippen molar-refractivity contribution in [1.29, 1.82) is 5.26 Å². The van der Waals surface area contributed by atoms with E-state index in [0.29, 0.717) is 24.2 Å². The zero-order valence-electron chi connectivity index (χ0n) is 17.1. The first kappa shape index (κ1) is 21.7. The lowest BCUT2D eigenvalue weighted by Gasteiger charge is -2.51. The predicted molar refractivity (Wildman–Crippen MR) is 113 cm³/mol. The second-order valence-electron chi connectivity index (χ2n) is 8.05. The number of likely N-dealkylation sites (tertiary alicyclic amines) is 1. The summed E-state index contributed by atoms with van der Waals surface area (Å²) in [7, 11) is -1.69. The number of nitrogens with zero attached hydrogens (tertiary/aromatic N) is 4. The molecule has 1 amide bonds. The summed E-state index contributed by atoms with van der Waals surface area (Å²) in [6, 6.07) is 4.86. The van der Waals surface area contributed by atoms with E-state index in [9.17, 15) is 13.2 Å². The van der Waals surface area contributed by atoms with Gasteiger partial charge >= 0.3 is 0 Å². The molecule has 3 N–H and O–H groups in total. The fraction of sp³-hybridized carbons (Fsp3) is 0.400. The van der Waals surface area contributed by atoms with Crippen molar-refractivity contribution in [2.45, 2.75) is 24.1 Å². The highest BCUT2D eigenvalue weighted by Gasteiger charge is 2.60. The van der Waals surface area contributed by atoms with Gasteiger partial charge in [-0.1, -0.05) is 6.58 Å². The number of carbonyl (C=O) groups excluding carboxylic acids is 1. The second-order valence-corrected chi connectivity index (χ2v) is 10.3. The quantitative estimate of drug-likeness (QED) is 0.660. The van der Waals surface area contributed by atoms with Crippen LogP contribution in [0.1, 0.15) is 29.9 Å². The van der Waals surface area contributed by atoms with Crippen molar-refractivity contribution in [2.75, 3.05) is 25.9 Å². The molecule has 1 spiro atoms. The van der Waals surface area contributed by atoms with E-state index in [1.165, 1.54) is 18.3 Å². The number of aliphatic imine (C=N–C) groups is 1. The number of hydrogen-bond donors (Lipinski definition) is 2. The number of aromatic nitrogens is 1. The van der Waals surface area contributed by atoms with Gasteiger partial charge in [-0.05, 0) is 44.7 Å². The van der Waals surface area contributed by atoms with E-state index in [1.807, 2.05) is 18.0 Å². The third-order valence-corrected chi connectivity index (χ3v) is 8.19. The molecule has 0 bridgehead atoms. The zero-order valence-corrected chi connectivity index (χ0v) is 18.0. The van der Waals surface area contributed by atoms with Crippen LogP contribution in [-0.4, -0.2) is 66.2 Å². The van der Waals surface area contributed by atoms with Crippen LogP contribution >= 0.6 is 0 Å². The SMILES string of the molecule is C=C(C=C(C)C1(C)CS(=O)(=O)C2(CN(C)C2)C(N)=N1)NC(=O)c1ccc(C#N)cn1. The molecule has 1 atom stereocenters. The van der Waals surface area contributed by atoms with Gasteiger partial charge in [0.1, 0.15) is 17.6 Å². The van der Waals surface area contributed by atoms with E-state index in [2.05, 4.69) is 21.9 Å². The second kappa shape index (κ2) is 7.34. The Labute approximate surface area is 175 Å². The van der Waals surface area contributed by atoms with E-state index in [1.54, 1.807) is 19.9 Å². The zero-order chi connectivity index (χ0) is 22.3. The summed E-state index contributed by atoms with van der Waals surface area (Å²) >= 11 is 0. The fourth-order valence-electron chi connectivity index (χ4n) is 3.71. The molecule has 1 aromatic rings. The molecule has 158 valence electrons. The molecule has 30 heavy (non-hydrogen) atoms. The molecule has 3 rings (SSSR count). The molecule has 0 aromatic carbocycles. The summed E-state index contributed by atoms with van der Waals surface area (Å²) in [5, 5.41) is 11.4. The molecular weight excluding hydrogens is 404 g/mol. The molecule has 2 aliphatic heterocycles. The van der Waals surface area contributed by atoms with Gasteiger partial charge in [0.15, 0.2) is 14.6 Å². The maximum atomic E-state index is 13.0. The lowest BCUT2D eigenvalue weighted by molar-refractivity contribution is 0.0962. The van der Waals surface area contributed by atoms with Gasteiger partial charge in [-0.15, -0.1) is 0 Å². The average molecular weight is 429 g/mol. The van der Waals surface area contributed by atoms with Crippen LogP contribution in [0, 0.1) is 11.3 Å². The first-order valence-electron chi connectivity index (χ1n) is 9.24. The molecule has 0 saturated carbocycles. The molecule has 9 nitrogen and oxygen atoms in total. The third-order valence-electron chi connectivity index (χ3n) is 5.59. The van der Waals surface area contributed by atoms with Crippen LogP contribution in [0.4, 0.5) is 0 Å². The van der Waals surface area contributed by atoms with E-state index in [4.69, 9.17) is 11.0 Å². The number of nitrogens with two attached hydrogens (primary N) is 1. The summed E-state index contributed by atoms with van der Waals surface area (Å²) < 4.78 is 24.9. The highest BCUT2D eigenvalue weighted by atomic mass is 32.2. The minimum absolute atomic E-state index is 0.124. The van der Waals surface area contributed by atoms with Crippen molar-refractivity contribution < 1.29 is 13.2 Å². The number of allylic oxidation sites excluding steroid dienone is 1. The molecule has 1 saturated heterocycles. The molecule has 0 aliphatic carbocycles. The van der Waals surface area contributed by atoms with Gasteiger partial charge in [-0.2, -0.15) is 5.26 Å². The van der Waals surface area contributed by atoms with Gasteiger partial charge in [-0.25, -0.2) is 13.4 Å². The van der Waals surface area contributed by atoms with Crippen molar-refractivity contribution in [1.82, 2.24) is 15.2 Å². The monoisotopic (exact) mass is 428 g/mol. The first-order valence-corrected chi connectivity index (χ1v) is 10.9. The minimum atomic E-state index is -3.52. The topological polar surface area (TPSA) is 142 Å². The molecule has 1 fully saturated rings. The standard InChI is InChI=1S/C20H24N6O3S/c1-13(7-14(2)24-17(27)16-6-5-15(8-21)9-23-16)19(3)12-30(28,29)20(18(22)25-19)10-26(4)11-20/h5-7,9H,2,10-12H2,1,3-4H3,(H2,22,25)(H,24,27). The number of carbonyl (C=O) groups is 1. The number of nitrogens with one attached hydrogen (secondary N) is 1. The molecule has 3 heterocycles. The van der Waals surface area contributed by atoms with Crippen molar-refractivity contribution >= 4 is 21.6 Å². The number of rotatable bonds is 4. The van der Waals surface area contributed by atoms with Crippen LogP contribution in [0.5, 0.6) is 0 Å². The lowest BCUT2D eigenvalue weighted by Crippen LogP contribution is -2.74. The van der Waals surface area contributed by atoms with Gasteiger partial charge in [0.2, 0.25) is 0 Å². The maximum absolute atomic E-state index is 13.0. The Morgan fingerprint density at radius 2 is 2.10 bits per heavy atom. The predicted octanol–water partition coefficient (Wildman–Crippen LogP) is 0.372. The van der Waals surface area contributed by atoms with Crippen LogP contribution in [0.2, 0.25) is 0 Å². The normalized spacial score (nSPS) is 25.0. The van der Waals surface area contributed by atoms with Crippen molar-refractivity contribution in [3.8, 4) is 6.07 Å². The summed E-state index contributed by atoms with van der Waals surface area (Å²) in [4.78, 5) is 22.7. The number of amidine groups is 1. The Hall–Kier alpha value is -3.03. The van der Waals surface area contributed by atoms with Crippen molar-refractivity contribution in [3.05, 3.63) is 53.5 Å². The van der Waals surface area contributed by atoms with Crippen LogP contribution in [0.25, 0.3) is 0 Å². The van der Waals surface area contributed by atoms with Gasteiger partial charge in [0.05, 0.1) is 16.9 Å².